The molecule has 0 fully saturated rings. The van der Waals surface area contributed by atoms with E-state index in [9.17, 15) is 8.78 Å². The van der Waals surface area contributed by atoms with Gasteiger partial charge in [-0.2, -0.15) is 0 Å². The van der Waals surface area contributed by atoms with Gasteiger partial charge in [0.05, 0.1) is 0 Å². The Kier molecular flexibility index (Phi) is 2.66. The smallest absolute Gasteiger partial charge is 0.159 e. The molecule has 0 saturated heterocycles. The van der Waals surface area contributed by atoms with E-state index >= 15 is 0 Å². The molecule has 0 nitrogen and oxygen atoms in total. The standard InChI is InChI=1S/C22H12F2/c23-19-11-14-10-18-15-8-4-5-9-16(15)21(13-6-2-1-3-7-13)22(18)17(14)12-20(19)24/h1-12H. The lowest BCUT2D eigenvalue weighted by Gasteiger charge is -2.09. The van der Waals surface area contributed by atoms with Crippen molar-refractivity contribution >= 4 is 22.8 Å². The van der Waals surface area contributed by atoms with Crippen LogP contribution >= 0.6 is 0 Å². The molecular weight excluding hydrogens is 302 g/mol. The van der Waals surface area contributed by atoms with Crippen LogP contribution in [-0.2, 0) is 0 Å². The van der Waals surface area contributed by atoms with E-state index < -0.39 is 11.6 Å². The van der Waals surface area contributed by atoms with Gasteiger partial charge in [-0.3, -0.25) is 0 Å². The topological polar surface area (TPSA) is 0 Å². The molecule has 3 aromatic rings. The van der Waals surface area contributed by atoms with Crippen LogP contribution in [0.5, 0.6) is 0 Å². The zero-order valence-electron chi connectivity index (χ0n) is 12.7. The normalized spacial score (nSPS) is 14.3. The van der Waals surface area contributed by atoms with Gasteiger partial charge < -0.3 is 0 Å². The number of allylic oxidation sites excluding steroid dienone is 2. The molecule has 2 heteroatoms. The highest BCUT2D eigenvalue weighted by atomic mass is 19.2. The molecule has 3 aromatic carbocycles. The number of hydrogen-bond acceptors (Lipinski definition) is 0. The first kappa shape index (κ1) is 13.4. The van der Waals surface area contributed by atoms with Gasteiger partial charge in [-0.25, -0.2) is 8.78 Å². The summed E-state index contributed by atoms with van der Waals surface area (Å²) >= 11 is 0. The Morgan fingerprint density at radius 1 is 0.583 bits per heavy atom. The average Bonchev–Trinajstić information content (AvgIpc) is 3.11. The summed E-state index contributed by atoms with van der Waals surface area (Å²) in [6.45, 7) is 0. The van der Waals surface area contributed by atoms with E-state index in [1.165, 1.54) is 12.1 Å². The summed E-state index contributed by atoms with van der Waals surface area (Å²) in [5.74, 6) is -1.61. The lowest BCUT2D eigenvalue weighted by atomic mass is 9.94. The van der Waals surface area contributed by atoms with Gasteiger partial charge in [-0.1, -0.05) is 54.6 Å². The molecule has 0 aromatic heterocycles. The van der Waals surface area contributed by atoms with Crippen molar-refractivity contribution in [2.24, 2.45) is 0 Å². The van der Waals surface area contributed by atoms with Crippen molar-refractivity contribution in [3.8, 4) is 0 Å². The van der Waals surface area contributed by atoms with Crippen LogP contribution in [0.15, 0.2) is 66.7 Å². The molecule has 0 aliphatic heterocycles. The predicted molar refractivity (Wildman–Crippen MR) is 93.0 cm³/mol. The Bertz CT molecular complexity index is 1060. The Morgan fingerprint density at radius 3 is 2.04 bits per heavy atom. The van der Waals surface area contributed by atoms with Crippen molar-refractivity contribution < 1.29 is 8.78 Å². The predicted octanol–water partition coefficient (Wildman–Crippen LogP) is 5.79. The molecule has 0 bridgehead atoms. The summed E-state index contributed by atoms with van der Waals surface area (Å²) in [6.07, 6.45) is 1.96. The van der Waals surface area contributed by atoms with Crippen molar-refractivity contribution in [2.75, 3.05) is 0 Å². The fraction of sp³-hybridized carbons (Fsp3) is 0. The Labute approximate surface area is 138 Å². The van der Waals surface area contributed by atoms with Gasteiger partial charge in [0.1, 0.15) is 0 Å². The van der Waals surface area contributed by atoms with E-state index in [0.29, 0.717) is 0 Å². The second kappa shape index (κ2) is 4.75. The van der Waals surface area contributed by atoms with E-state index in [4.69, 9.17) is 0 Å². The molecule has 0 N–H and O–H groups in total. The molecule has 0 radical (unpaired) electrons. The summed E-state index contributed by atoms with van der Waals surface area (Å²) in [5, 5.41) is 0. The monoisotopic (exact) mass is 314 g/mol. The average molecular weight is 314 g/mol. The van der Waals surface area contributed by atoms with Crippen molar-refractivity contribution in [3.63, 3.8) is 0 Å². The third-order valence-corrected chi connectivity index (χ3v) is 4.73. The lowest BCUT2D eigenvalue weighted by Crippen LogP contribution is -1.92. The third-order valence-electron chi connectivity index (χ3n) is 4.73. The largest absolute Gasteiger partial charge is 0.204 e. The number of benzene rings is 3. The number of hydrogen-bond donors (Lipinski definition) is 0. The SMILES string of the molecule is Fc1cc2c(cc1F)C1=C(c3ccccc3)c3ccccc3C1=C2. The molecule has 0 heterocycles. The van der Waals surface area contributed by atoms with Crippen LogP contribution in [0, 0.1) is 11.6 Å². The second-order valence-electron chi connectivity index (χ2n) is 6.07. The maximum Gasteiger partial charge on any atom is 0.159 e. The lowest BCUT2D eigenvalue weighted by molar-refractivity contribution is 0.508. The minimum atomic E-state index is -0.806. The first-order valence-corrected chi connectivity index (χ1v) is 7.85. The van der Waals surface area contributed by atoms with Gasteiger partial charge in [0.15, 0.2) is 11.6 Å². The van der Waals surface area contributed by atoms with Crippen LogP contribution in [0.25, 0.3) is 22.8 Å². The molecule has 2 aliphatic carbocycles. The van der Waals surface area contributed by atoms with Crippen LogP contribution in [0.3, 0.4) is 0 Å². The van der Waals surface area contributed by atoms with Gasteiger partial charge in [0.25, 0.3) is 0 Å². The molecule has 0 unspecified atom stereocenters. The molecular formula is C22H12F2. The quantitative estimate of drug-likeness (QED) is 0.533. The number of fused-ring (bicyclic) bond motifs is 5. The van der Waals surface area contributed by atoms with Crippen LogP contribution in [0.4, 0.5) is 8.78 Å². The zero-order chi connectivity index (χ0) is 16.3. The summed E-state index contributed by atoms with van der Waals surface area (Å²) in [7, 11) is 0. The maximum atomic E-state index is 13.9. The summed E-state index contributed by atoms with van der Waals surface area (Å²) < 4.78 is 27.5. The van der Waals surface area contributed by atoms with Crippen LogP contribution in [-0.4, -0.2) is 0 Å². The highest BCUT2D eigenvalue weighted by Crippen LogP contribution is 2.54. The summed E-state index contributed by atoms with van der Waals surface area (Å²) in [6, 6.07) is 20.8. The molecule has 0 saturated carbocycles. The highest BCUT2D eigenvalue weighted by Gasteiger charge is 2.33. The minimum Gasteiger partial charge on any atom is -0.204 e. The number of rotatable bonds is 1. The molecule has 0 atom stereocenters. The van der Waals surface area contributed by atoms with Gasteiger partial charge >= 0.3 is 0 Å². The Hall–Kier alpha value is -3.00. The number of halogens is 2. The summed E-state index contributed by atoms with van der Waals surface area (Å²) in [5.41, 5.74) is 7.97. The van der Waals surface area contributed by atoms with Gasteiger partial charge in [0, 0.05) is 0 Å². The Balaban J connectivity index is 1.88. The van der Waals surface area contributed by atoms with E-state index in [-0.39, 0.29) is 0 Å². The molecule has 5 rings (SSSR count). The molecule has 0 spiro atoms. The third kappa shape index (κ3) is 1.71. The minimum absolute atomic E-state index is 0.738. The summed E-state index contributed by atoms with van der Waals surface area (Å²) in [4.78, 5) is 0. The van der Waals surface area contributed by atoms with E-state index in [2.05, 4.69) is 24.3 Å². The van der Waals surface area contributed by atoms with Crippen molar-refractivity contribution in [1.82, 2.24) is 0 Å². The van der Waals surface area contributed by atoms with Gasteiger partial charge in [0.2, 0.25) is 0 Å². The van der Waals surface area contributed by atoms with Crippen LogP contribution in [0.2, 0.25) is 0 Å². The van der Waals surface area contributed by atoms with Crippen molar-refractivity contribution in [2.45, 2.75) is 0 Å². The van der Waals surface area contributed by atoms with E-state index in [0.717, 1.165) is 44.5 Å². The molecule has 2 aliphatic rings. The molecule has 114 valence electrons. The maximum absolute atomic E-state index is 13.9. The first-order valence-electron chi connectivity index (χ1n) is 7.85. The fourth-order valence-electron chi connectivity index (χ4n) is 3.73. The van der Waals surface area contributed by atoms with Crippen LogP contribution < -0.4 is 0 Å². The fourth-order valence-corrected chi connectivity index (χ4v) is 3.73. The van der Waals surface area contributed by atoms with Crippen LogP contribution in [0.1, 0.15) is 27.8 Å². The van der Waals surface area contributed by atoms with Gasteiger partial charge in [-0.05, 0) is 62.7 Å². The highest BCUT2D eigenvalue weighted by molar-refractivity contribution is 6.31. The molecule has 24 heavy (non-hydrogen) atoms. The van der Waals surface area contributed by atoms with Gasteiger partial charge in [-0.15, -0.1) is 0 Å². The first-order chi connectivity index (χ1) is 11.7. The van der Waals surface area contributed by atoms with Crippen molar-refractivity contribution in [1.29, 1.82) is 0 Å². The van der Waals surface area contributed by atoms with Crippen molar-refractivity contribution in [3.05, 3.63) is 106 Å². The van der Waals surface area contributed by atoms with E-state index in [1.807, 2.05) is 36.4 Å². The Morgan fingerprint density at radius 2 is 1.25 bits per heavy atom. The second-order valence-corrected chi connectivity index (χ2v) is 6.07. The van der Waals surface area contributed by atoms with E-state index in [1.54, 1.807) is 0 Å². The molecule has 0 amide bonds. The zero-order valence-corrected chi connectivity index (χ0v) is 12.7.